The van der Waals surface area contributed by atoms with Gasteiger partial charge in [-0.2, -0.15) is 0 Å². The Kier molecular flexibility index (Phi) is 2.76. The minimum absolute atomic E-state index is 0.275. The molecular weight excluding hydrogens is 258 g/mol. The molecule has 5 nitrogen and oxygen atoms in total. The third-order valence-corrected chi connectivity index (χ3v) is 3.71. The van der Waals surface area contributed by atoms with Gasteiger partial charge in [0.15, 0.2) is 0 Å². The number of hydrogen-bond acceptors (Lipinski definition) is 3. The van der Waals surface area contributed by atoms with E-state index in [4.69, 9.17) is 9.47 Å². The van der Waals surface area contributed by atoms with Crippen LogP contribution in [0.2, 0.25) is 0 Å². The molecule has 0 atom stereocenters. The molecule has 0 amide bonds. The van der Waals surface area contributed by atoms with Crippen LogP contribution in [0.5, 0.6) is 5.75 Å². The van der Waals surface area contributed by atoms with Gasteiger partial charge in [-0.3, -0.25) is 0 Å². The number of rotatable bonds is 2. The molecule has 3 rings (SSSR count). The van der Waals surface area contributed by atoms with Crippen LogP contribution >= 0.6 is 0 Å². The van der Waals surface area contributed by atoms with Crippen LogP contribution in [-0.4, -0.2) is 28.4 Å². The first kappa shape index (κ1) is 13.0. The van der Waals surface area contributed by atoms with Gasteiger partial charge in [0.2, 0.25) is 0 Å². The number of carboxylic acids is 1. The normalized spacial score (nSPS) is 16.9. The van der Waals surface area contributed by atoms with Crippen LogP contribution in [0.1, 0.15) is 29.9 Å². The standard InChI is InChI=1S/C15H17NO4/c1-15(2)8-16-9(7-20-15)6-11-10(14(17)18)4-5-12(19-3)13(11)16/h4-6H,7-8H2,1-3H3,(H,17,18). The van der Waals surface area contributed by atoms with Gasteiger partial charge in [-0.15, -0.1) is 0 Å². The summed E-state index contributed by atoms with van der Waals surface area (Å²) in [7, 11) is 1.60. The molecule has 1 aliphatic heterocycles. The van der Waals surface area contributed by atoms with Crippen molar-refractivity contribution in [1.82, 2.24) is 4.57 Å². The van der Waals surface area contributed by atoms with E-state index in [9.17, 15) is 9.90 Å². The van der Waals surface area contributed by atoms with Gasteiger partial charge in [0.1, 0.15) is 5.75 Å². The highest BCUT2D eigenvalue weighted by atomic mass is 16.5. The Balaban J connectivity index is 2.33. The van der Waals surface area contributed by atoms with Crippen LogP contribution in [0.4, 0.5) is 0 Å². The Morgan fingerprint density at radius 2 is 2.20 bits per heavy atom. The highest BCUT2D eigenvalue weighted by Crippen LogP contribution is 2.36. The number of nitrogens with zero attached hydrogens (tertiary/aromatic N) is 1. The predicted molar refractivity (Wildman–Crippen MR) is 74.3 cm³/mol. The zero-order valence-electron chi connectivity index (χ0n) is 11.8. The second-order valence-electron chi connectivity index (χ2n) is 5.65. The number of aromatic carboxylic acids is 1. The second kappa shape index (κ2) is 4.24. The first-order valence-corrected chi connectivity index (χ1v) is 6.49. The Morgan fingerprint density at radius 1 is 1.45 bits per heavy atom. The van der Waals surface area contributed by atoms with E-state index in [2.05, 4.69) is 4.57 Å². The van der Waals surface area contributed by atoms with Gasteiger partial charge in [0.05, 0.1) is 36.9 Å². The van der Waals surface area contributed by atoms with Crippen molar-refractivity contribution in [1.29, 1.82) is 0 Å². The molecule has 1 aliphatic rings. The van der Waals surface area contributed by atoms with E-state index in [-0.39, 0.29) is 5.60 Å². The summed E-state index contributed by atoms with van der Waals surface area (Å²) < 4.78 is 13.3. The summed E-state index contributed by atoms with van der Waals surface area (Å²) in [5.74, 6) is -0.241. The maximum absolute atomic E-state index is 11.4. The summed E-state index contributed by atoms with van der Waals surface area (Å²) in [6, 6.07) is 5.18. The van der Waals surface area contributed by atoms with Crippen LogP contribution in [0.25, 0.3) is 10.9 Å². The quantitative estimate of drug-likeness (QED) is 0.915. The fourth-order valence-corrected chi connectivity index (χ4v) is 2.75. The van der Waals surface area contributed by atoms with Crippen molar-refractivity contribution in [3.63, 3.8) is 0 Å². The lowest BCUT2D eigenvalue weighted by Gasteiger charge is -2.32. The third-order valence-electron chi connectivity index (χ3n) is 3.71. The average molecular weight is 275 g/mol. The summed E-state index contributed by atoms with van der Waals surface area (Å²) in [6.45, 7) is 5.19. The summed E-state index contributed by atoms with van der Waals surface area (Å²) in [4.78, 5) is 11.4. The SMILES string of the molecule is COc1ccc(C(=O)O)c2cc3n(c12)CC(C)(C)OC3. The first-order chi connectivity index (χ1) is 9.43. The number of methoxy groups -OCH3 is 1. The molecule has 1 aromatic carbocycles. The van der Waals surface area contributed by atoms with Crippen LogP contribution in [0.15, 0.2) is 18.2 Å². The fraction of sp³-hybridized carbons (Fsp3) is 0.400. The molecule has 20 heavy (non-hydrogen) atoms. The molecule has 5 heteroatoms. The number of aromatic nitrogens is 1. The molecule has 106 valence electrons. The Bertz CT molecular complexity index is 699. The Labute approximate surface area is 116 Å². The maximum atomic E-state index is 11.4. The topological polar surface area (TPSA) is 60.7 Å². The fourth-order valence-electron chi connectivity index (χ4n) is 2.75. The van der Waals surface area contributed by atoms with E-state index in [1.165, 1.54) is 0 Å². The van der Waals surface area contributed by atoms with Gasteiger partial charge in [-0.1, -0.05) is 0 Å². The summed E-state index contributed by atoms with van der Waals surface area (Å²) >= 11 is 0. The summed E-state index contributed by atoms with van der Waals surface area (Å²) in [5, 5.41) is 10.0. The van der Waals surface area contributed by atoms with Gasteiger partial charge in [-0.25, -0.2) is 4.79 Å². The minimum atomic E-state index is -0.930. The zero-order chi connectivity index (χ0) is 14.5. The summed E-state index contributed by atoms with van der Waals surface area (Å²) in [5.41, 5.74) is 1.83. The van der Waals surface area contributed by atoms with Gasteiger partial charge in [0, 0.05) is 11.1 Å². The molecule has 2 heterocycles. The highest BCUT2D eigenvalue weighted by molar-refractivity contribution is 6.05. The number of hydrogen-bond donors (Lipinski definition) is 1. The largest absolute Gasteiger partial charge is 0.495 e. The molecule has 0 spiro atoms. The number of carbonyl (C=O) groups is 1. The van der Waals surface area contributed by atoms with Gasteiger partial charge in [0.25, 0.3) is 0 Å². The van der Waals surface area contributed by atoms with Crippen molar-refractivity contribution < 1.29 is 19.4 Å². The van der Waals surface area contributed by atoms with Crippen LogP contribution < -0.4 is 4.74 Å². The highest BCUT2D eigenvalue weighted by Gasteiger charge is 2.29. The molecule has 1 aromatic heterocycles. The number of ether oxygens (including phenoxy) is 2. The van der Waals surface area contributed by atoms with Crippen molar-refractivity contribution in [2.75, 3.05) is 7.11 Å². The van der Waals surface area contributed by atoms with Crippen molar-refractivity contribution in [2.45, 2.75) is 32.6 Å². The minimum Gasteiger partial charge on any atom is -0.495 e. The molecule has 0 radical (unpaired) electrons. The maximum Gasteiger partial charge on any atom is 0.336 e. The molecule has 0 bridgehead atoms. The molecule has 0 fully saturated rings. The lowest BCUT2D eigenvalue weighted by Crippen LogP contribution is -2.35. The Hall–Kier alpha value is -2.01. The lowest BCUT2D eigenvalue weighted by atomic mass is 10.1. The summed E-state index contributed by atoms with van der Waals surface area (Å²) in [6.07, 6.45) is 0. The molecule has 2 aromatic rings. The molecule has 1 N–H and O–H groups in total. The molecule has 0 saturated heterocycles. The average Bonchev–Trinajstić information content (AvgIpc) is 2.74. The van der Waals surface area contributed by atoms with Gasteiger partial charge in [-0.05, 0) is 32.0 Å². The number of carboxylic acid groups (broad SMARTS) is 1. The monoisotopic (exact) mass is 275 g/mol. The van der Waals surface area contributed by atoms with E-state index >= 15 is 0 Å². The third kappa shape index (κ3) is 1.86. The van der Waals surface area contributed by atoms with Crippen molar-refractivity contribution in [3.05, 3.63) is 29.5 Å². The van der Waals surface area contributed by atoms with Crippen molar-refractivity contribution in [2.24, 2.45) is 0 Å². The number of fused-ring (bicyclic) bond motifs is 3. The number of benzene rings is 1. The smallest absolute Gasteiger partial charge is 0.336 e. The zero-order valence-corrected chi connectivity index (χ0v) is 11.8. The van der Waals surface area contributed by atoms with Gasteiger partial charge < -0.3 is 19.1 Å². The van der Waals surface area contributed by atoms with Crippen molar-refractivity contribution in [3.8, 4) is 5.75 Å². The van der Waals surface area contributed by atoms with E-state index in [0.717, 1.165) is 11.2 Å². The van der Waals surface area contributed by atoms with Crippen molar-refractivity contribution >= 4 is 16.9 Å². The van der Waals surface area contributed by atoms with Crippen LogP contribution in [0, 0.1) is 0 Å². The van der Waals surface area contributed by atoms with Crippen LogP contribution in [-0.2, 0) is 17.9 Å². The molecular formula is C15H17NO4. The molecule has 0 unspecified atom stereocenters. The van der Waals surface area contributed by atoms with Gasteiger partial charge >= 0.3 is 5.97 Å². The van der Waals surface area contributed by atoms with E-state index in [0.29, 0.717) is 29.9 Å². The lowest BCUT2D eigenvalue weighted by molar-refractivity contribution is -0.0614. The van der Waals surface area contributed by atoms with E-state index in [1.807, 2.05) is 19.9 Å². The molecule has 0 aliphatic carbocycles. The van der Waals surface area contributed by atoms with E-state index in [1.54, 1.807) is 19.2 Å². The predicted octanol–water partition coefficient (Wildman–Crippen LogP) is 2.66. The molecule has 0 saturated carbocycles. The second-order valence-corrected chi connectivity index (χ2v) is 5.65. The van der Waals surface area contributed by atoms with Crippen LogP contribution in [0.3, 0.4) is 0 Å². The Morgan fingerprint density at radius 3 is 2.85 bits per heavy atom. The van der Waals surface area contributed by atoms with E-state index < -0.39 is 5.97 Å². The first-order valence-electron chi connectivity index (χ1n) is 6.49.